The molecule has 1 rings (SSSR count). The van der Waals surface area contributed by atoms with Crippen LogP contribution in [0.5, 0.6) is 5.75 Å². The minimum atomic E-state index is 0.0868. The van der Waals surface area contributed by atoms with E-state index >= 15 is 0 Å². The minimum absolute atomic E-state index is 0.0868. The molecule has 0 amide bonds. The Kier molecular flexibility index (Phi) is 4.05. The van der Waals surface area contributed by atoms with Crippen LogP contribution in [0, 0.1) is 0 Å². The number of rotatable bonds is 3. The van der Waals surface area contributed by atoms with Gasteiger partial charge in [-0.25, -0.2) is 0 Å². The number of phenols is 1. The lowest BCUT2D eigenvalue weighted by molar-refractivity contribution is 0.475. The summed E-state index contributed by atoms with van der Waals surface area (Å²) < 4.78 is 0. The van der Waals surface area contributed by atoms with E-state index in [1.54, 1.807) is 0 Å². The quantitative estimate of drug-likeness (QED) is 0.843. The molecule has 0 heterocycles. The lowest BCUT2D eigenvalue weighted by atomic mass is 9.97. The van der Waals surface area contributed by atoms with Crippen molar-refractivity contribution in [1.29, 1.82) is 0 Å². The molecule has 0 fully saturated rings. The number of nitrogens with two attached hydrogens (primary N) is 1. The van der Waals surface area contributed by atoms with Gasteiger partial charge in [0, 0.05) is 10.0 Å². The fourth-order valence-corrected chi connectivity index (χ4v) is 2.28. The third-order valence-electron chi connectivity index (χ3n) is 2.16. The standard InChI is InChI=1S/C10H13Cl2NO/c1-6(2-3-13)10-8(11)4-7(14)5-9(10)12/h4-6,14H,2-3,13H2,1H3. The second-order valence-corrected chi connectivity index (χ2v) is 4.12. The van der Waals surface area contributed by atoms with E-state index in [2.05, 4.69) is 0 Å². The second-order valence-electron chi connectivity index (χ2n) is 3.30. The summed E-state index contributed by atoms with van der Waals surface area (Å²) in [7, 11) is 0. The Morgan fingerprint density at radius 3 is 2.29 bits per heavy atom. The predicted octanol–water partition coefficient (Wildman–Crippen LogP) is 3.15. The molecule has 0 aliphatic rings. The largest absolute Gasteiger partial charge is 0.508 e. The van der Waals surface area contributed by atoms with Crippen molar-refractivity contribution >= 4 is 23.2 Å². The highest BCUT2D eigenvalue weighted by Gasteiger charge is 2.14. The molecule has 0 aliphatic carbocycles. The van der Waals surface area contributed by atoms with Crippen LogP contribution in [-0.4, -0.2) is 11.7 Å². The summed E-state index contributed by atoms with van der Waals surface area (Å²) in [5.41, 5.74) is 6.32. The van der Waals surface area contributed by atoms with Gasteiger partial charge in [0.1, 0.15) is 5.75 Å². The van der Waals surface area contributed by atoms with Crippen molar-refractivity contribution in [2.45, 2.75) is 19.3 Å². The van der Waals surface area contributed by atoms with E-state index in [1.165, 1.54) is 12.1 Å². The lowest BCUT2D eigenvalue weighted by Crippen LogP contribution is -2.05. The smallest absolute Gasteiger partial charge is 0.118 e. The number of halogens is 2. The van der Waals surface area contributed by atoms with Crippen LogP contribution in [0.4, 0.5) is 0 Å². The van der Waals surface area contributed by atoms with Crippen LogP contribution in [-0.2, 0) is 0 Å². The number of hydrogen-bond acceptors (Lipinski definition) is 2. The molecule has 14 heavy (non-hydrogen) atoms. The molecule has 0 bridgehead atoms. The summed E-state index contributed by atoms with van der Waals surface area (Å²) in [6.45, 7) is 2.60. The Labute approximate surface area is 93.6 Å². The molecular formula is C10H13Cl2NO. The monoisotopic (exact) mass is 233 g/mol. The first-order valence-corrected chi connectivity index (χ1v) is 5.19. The summed E-state index contributed by atoms with van der Waals surface area (Å²) in [6, 6.07) is 2.99. The molecule has 0 radical (unpaired) electrons. The van der Waals surface area contributed by atoms with Crippen LogP contribution in [0.3, 0.4) is 0 Å². The van der Waals surface area contributed by atoms with Crippen LogP contribution in [0.1, 0.15) is 24.8 Å². The molecule has 0 saturated carbocycles. The van der Waals surface area contributed by atoms with Crippen LogP contribution in [0.2, 0.25) is 10.0 Å². The summed E-state index contributed by atoms with van der Waals surface area (Å²) in [6.07, 6.45) is 0.824. The van der Waals surface area contributed by atoms with Crippen molar-refractivity contribution in [3.05, 3.63) is 27.7 Å². The zero-order valence-corrected chi connectivity index (χ0v) is 9.44. The van der Waals surface area contributed by atoms with Crippen molar-refractivity contribution in [3.63, 3.8) is 0 Å². The van der Waals surface area contributed by atoms with Gasteiger partial charge in [0.2, 0.25) is 0 Å². The van der Waals surface area contributed by atoms with Gasteiger partial charge in [-0.1, -0.05) is 30.1 Å². The predicted molar refractivity (Wildman–Crippen MR) is 60.2 cm³/mol. The first-order chi connectivity index (χ1) is 6.56. The molecule has 0 saturated heterocycles. The van der Waals surface area contributed by atoms with Gasteiger partial charge < -0.3 is 10.8 Å². The van der Waals surface area contributed by atoms with Gasteiger partial charge in [0.15, 0.2) is 0 Å². The fourth-order valence-electron chi connectivity index (χ4n) is 1.44. The highest BCUT2D eigenvalue weighted by atomic mass is 35.5. The number of benzene rings is 1. The maximum absolute atomic E-state index is 9.24. The normalized spacial score (nSPS) is 12.9. The molecule has 4 heteroatoms. The molecule has 2 nitrogen and oxygen atoms in total. The zero-order valence-electron chi connectivity index (χ0n) is 7.93. The maximum atomic E-state index is 9.24. The van der Waals surface area contributed by atoms with Crippen molar-refractivity contribution < 1.29 is 5.11 Å². The van der Waals surface area contributed by atoms with Gasteiger partial charge in [-0.2, -0.15) is 0 Å². The molecule has 78 valence electrons. The van der Waals surface area contributed by atoms with Gasteiger partial charge in [0.25, 0.3) is 0 Å². The number of hydrogen-bond donors (Lipinski definition) is 2. The highest BCUT2D eigenvalue weighted by molar-refractivity contribution is 6.36. The summed E-state index contributed by atoms with van der Waals surface area (Å²) in [5.74, 6) is 0.296. The molecule has 0 spiro atoms. The minimum Gasteiger partial charge on any atom is -0.508 e. The van der Waals surface area contributed by atoms with E-state index in [0.29, 0.717) is 16.6 Å². The fraction of sp³-hybridized carbons (Fsp3) is 0.400. The van der Waals surface area contributed by atoms with Crippen LogP contribution in [0.25, 0.3) is 0 Å². The SMILES string of the molecule is CC(CCN)c1c(Cl)cc(O)cc1Cl. The Morgan fingerprint density at radius 1 is 1.36 bits per heavy atom. The molecule has 0 aromatic heterocycles. The zero-order chi connectivity index (χ0) is 10.7. The van der Waals surface area contributed by atoms with Crippen molar-refractivity contribution in [2.75, 3.05) is 6.54 Å². The average Bonchev–Trinajstić information content (AvgIpc) is 2.01. The molecule has 1 aromatic rings. The van der Waals surface area contributed by atoms with E-state index in [-0.39, 0.29) is 11.7 Å². The van der Waals surface area contributed by atoms with Gasteiger partial charge in [0.05, 0.1) is 0 Å². The second kappa shape index (κ2) is 4.87. The van der Waals surface area contributed by atoms with Gasteiger partial charge in [-0.05, 0) is 36.6 Å². The van der Waals surface area contributed by atoms with E-state index in [0.717, 1.165) is 12.0 Å². The lowest BCUT2D eigenvalue weighted by Gasteiger charge is -2.14. The molecule has 1 unspecified atom stereocenters. The van der Waals surface area contributed by atoms with Crippen LogP contribution in [0.15, 0.2) is 12.1 Å². The first kappa shape index (κ1) is 11.6. The van der Waals surface area contributed by atoms with Crippen molar-refractivity contribution in [1.82, 2.24) is 0 Å². The van der Waals surface area contributed by atoms with Gasteiger partial charge in [-0.3, -0.25) is 0 Å². The van der Waals surface area contributed by atoms with E-state index in [4.69, 9.17) is 28.9 Å². The highest BCUT2D eigenvalue weighted by Crippen LogP contribution is 2.35. The topological polar surface area (TPSA) is 46.2 Å². The Bertz CT molecular complexity index is 305. The molecule has 0 aliphatic heterocycles. The van der Waals surface area contributed by atoms with Crippen LogP contribution < -0.4 is 5.73 Å². The number of aromatic hydroxyl groups is 1. The van der Waals surface area contributed by atoms with E-state index in [9.17, 15) is 5.11 Å². The molecular weight excluding hydrogens is 221 g/mol. The summed E-state index contributed by atoms with van der Waals surface area (Å²) in [4.78, 5) is 0. The summed E-state index contributed by atoms with van der Waals surface area (Å²) in [5, 5.41) is 10.2. The van der Waals surface area contributed by atoms with E-state index in [1.807, 2.05) is 6.92 Å². The molecule has 1 aromatic carbocycles. The Morgan fingerprint density at radius 2 is 1.86 bits per heavy atom. The van der Waals surface area contributed by atoms with Gasteiger partial charge >= 0.3 is 0 Å². The van der Waals surface area contributed by atoms with Crippen molar-refractivity contribution in [2.24, 2.45) is 5.73 Å². The van der Waals surface area contributed by atoms with Crippen LogP contribution >= 0.6 is 23.2 Å². The average molecular weight is 234 g/mol. The first-order valence-electron chi connectivity index (χ1n) is 4.44. The maximum Gasteiger partial charge on any atom is 0.118 e. The molecule has 1 atom stereocenters. The third-order valence-corrected chi connectivity index (χ3v) is 2.78. The Hall–Kier alpha value is -0.440. The van der Waals surface area contributed by atoms with Crippen molar-refractivity contribution in [3.8, 4) is 5.75 Å². The number of phenolic OH excluding ortho intramolecular Hbond substituents is 1. The van der Waals surface area contributed by atoms with Gasteiger partial charge in [-0.15, -0.1) is 0 Å². The van der Waals surface area contributed by atoms with E-state index < -0.39 is 0 Å². The third kappa shape index (κ3) is 2.53. The Balaban J connectivity index is 3.07. The summed E-state index contributed by atoms with van der Waals surface area (Å²) >= 11 is 12.0. The molecule has 3 N–H and O–H groups in total.